The second kappa shape index (κ2) is 10.1. The third-order valence-corrected chi connectivity index (χ3v) is 4.37. The van der Waals surface area contributed by atoms with Gasteiger partial charge in [-0.1, -0.05) is 25.1 Å². The maximum atomic E-state index is 6.08. The van der Waals surface area contributed by atoms with Crippen LogP contribution in [0.5, 0.6) is 5.75 Å². The first-order valence-corrected chi connectivity index (χ1v) is 8.36. The number of hydrogen-bond acceptors (Lipinski definition) is 3. The van der Waals surface area contributed by atoms with Crippen molar-refractivity contribution < 1.29 is 4.74 Å². The number of halogens is 1. The van der Waals surface area contributed by atoms with Crippen molar-refractivity contribution >= 4 is 12.4 Å². The van der Waals surface area contributed by atoms with Crippen LogP contribution >= 0.6 is 12.4 Å². The van der Waals surface area contributed by atoms with Gasteiger partial charge in [-0.2, -0.15) is 0 Å². The summed E-state index contributed by atoms with van der Waals surface area (Å²) in [5.41, 5.74) is 2.47. The predicted molar refractivity (Wildman–Crippen MR) is 96.4 cm³/mol. The molecule has 1 aromatic rings. The highest BCUT2D eigenvalue weighted by Crippen LogP contribution is 2.22. The normalized spacial score (nSPS) is 15.6. The van der Waals surface area contributed by atoms with E-state index in [9.17, 15) is 0 Å². The molecule has 1 aliphatic heterocycles. The molecule has 4 heteroatoms. The Bertz CT molecular complexity index is 413. The third kappa shape index (κ3) is 5.45. The Balaban J connectivity index is 0.00000242. The van der Waals surface area contributed by atoms with E-state index in [-0.39, 0.29) is 12.4 Å². The molecule has 126 valence electrons. The van der Waals surface area contributed by atoms with E-state index in [0.717, 1.165) is 38.0 Å². The first-order chi connectivity index (χ1) is 10.2. The first-order valence-electron chi connectivity index (χ1n) is 8.36. The summed E-state index contributed by atoms with van der Waals surface area (Å²) < 4.78 is 6.08. The molecule has 0 radical (unpaired) electrons. The highest BCUT2D eigenvalue weighted by atomic mass is 35.5. The van der Waals surface area contributed by atoms with Gasteiger partial charge < -0.3 is 10.1 Å². The molecule has 1 N–H and O–H groups in total. The van der Waals surface area contributed by atoms with E-state index in [1.807, 2.05) is 0 Å². The Kier molecular flexibility index (Phi) is 8.84. The van der Waals surface area contributed by atoms with Gasteiger partial charge >= 0.3 is 0 Å². The van der Waals surface area contributed by atoms with Gasteiger partial charge in [0.2, 0.25) is 0 Å². The Morgan fingerprint density at radius 1 is 1.14 bits per heavy atom. The number of aryl methyl sites for hydroxylation is 2. The van der Waals surface area contributed by atoms with Gasteiger partial charge in [0.05, 0.1) is 0 Å². The topological polar surface area (TPSA) is 24.5 Å². The molecule has 1 fully saturated rings. The quantitative estimate of drug-likeness (QED) is 0.829. The molecule has 1 saturated heterocycles. The van der Waals surface area contributed by atoms with E-state index in [4.69, 9.17) is 4.74 Å². The van der Waals surface area contributed by atoms with Crippen molar-refractivity contribution in [3.8, 4) is 5.75 Å². The largest absolute Gasteiger partial charge is 0.492 e. The fraction of sp³-hybridized carbons (Fsp3) is 0.667. The minimum Gasteiger partial charge on any atom is -0.492 e. The summed E-state index contributed by atoms with van der Waals surface area (Å²) in [6.07, 6.45) is 3.75. The van der Waals surface area contributed by atoms with Crippen molar-refractivity contribution in [2.24, 2.45) is 0 Å². The van der Waals surface area contributed by atoms with Crippen molar-refractivity contribution in [2.75, 3.05) is 32.8 Å². The molecule has 0 spiro atoms. The van der Waals surface area contributed by atoms with Crippen molar-refractivity contribution in [3.05, 3.63) is 29.3 Å². The van der Waals surface area contributed by atoms with Crippen molar-refractivity contribution in [3.63, 3.8) is 0 Å². The lowest BCUT2D eigenvalue weighted by atomic mass is 10.0. The molecule has 1 aromatic carbocycles. The van der Waals surface area contributed by atoms with Gasteiger partial charge in [-0.3, -0.25) is 4.90 Å². The number of nitrogens with zero attached hydrogens (tertiary/aromatic N) is 1. The molecule has 1 aliphatic rings. The summed E-state index contributed by atoms with van der Waals surface area (Å²) in [5, 5.41) is 3.45. The minimum atomic E-state index is 0. The standard InChI is InChI=1S/C18H30N2O.ClH/c1-4-12-20(17-8-10-19-11-9-17)13-14-21-18-15(2)6-5-7-16(18)3;/h5-7,17,19H,4,8-14H2,1-3H3;1H. The minimum absolute atomic E-state index is 0. The summed E-state index contributed by atoms with van der Waals surface area (Å²) >= 11 is 0. The zero-order chi connectivity index (χ0) is 15.1. The number of nitrogens with one attached hydrogen (secondary N) is 1. The lowest BCUT2D eigenvalue weighted by molar-refractivity contribution is 0.134. The van der Waals surface area contributed by atoms with E-state index in [0.29, 0.717) is 0 Å². The molecule has 0 aromatic heterocycles. The van der Waals surface area contributed by atoms with E-state index in [1.165, 1.54) is 36.9 Å². The highest BCUT2D eigenvalue weighted by molar-refractivity contribution is 5.85. The van der Waals surface area contributed by atoms with Crippen LogP contribution in [0.2, 0.25) is 0 Å². The third-order valence-electron chi connectivity index (χ3n) is 4.37. The lowest BCUT2D eigenvalue weighted by Crippen LogP contribution is -2.45. The molecule has 0 amide bonds. The summed E-state index contributed by atoms with van der Waals surface area (Å²) in [6, 6.07) is 7.07. The number of hydrogen-bond donors (Lipinski definition) is 1. The molecule has 0 unspecified atom stereocenters. The Morgan fingerprint density at radius 2 is 1.77 bits per heavy atom. The molecule has 22 heavy (non-hydrogen) atoms. The van der Waals surface area contributed by atoms with Crippen LogP contribution in [-0.4, -0.2) is 43.7 Å². The number of ether oxygens (including phenoxy) is 1. The summed E-state index contributed by atoms with van der Waals surface area (Å²) in [4.78, 5) is 2.62. The summed E-state index contributed by atoms with van der Waals surface area (Å²) in [6.45, 7) is 11.8. The number of piperidine rings is 1. The molecule has 0 atom stereocenters. The van der Waals surface area contributed by atoms with E-state index >= 15 is 0 Å². The van der Waals surface area contributed by atoms with Crippen LogP contribution in [0, 0.1) is 13.8 Å². The maximum absolute atomic E-state index is 6.08. The summed E-state index contributed by atoms with van der Waals surface area (Å²) in [7, 11) is 0. The van der Waals surface area contributed by atoms with Crippen molar-refractivity contribution in [1.82, 2.24) is 10.2 Å². The molecule has 1 heterocycles. The van der Waals surface area contributed by atoms with Gasteiger partial charge in [0, 0.05) is 12.6 Å². The average molecular weight is 327 g/mol. The highest BCUT2D eigenvalue weighted by Gasteiger charge is 2.20. The lowest BCUT2D eigenvalue weighted by Gasteiger charge is -2.34. The zero-order valence-corrected chi connectivity index (χ0v) is 15.0. The van der Waals surface area contributed by atoms with Crippen LogP contribution in [-0.2, 0) is 0 Å². The van der Waals surface area contributed by atoms with Crippen molar-refractivity contribution in [1.29, 1.82) is 0 Å². The predicted octanol–water partition coefficient (Wildman–Crippen LogP) is 3.57. The van der Waals surface area contributed by atoms with E-state index < -0.39 is 0 Å². The van der Waals surface area contributed by atoms with Crippen LogP contribution in [0.25, 0.3) is 0 Å². The van der Waals surface area contributed by atoms with Gasteiger partial charge in [0.25, 0.3) is 0 Å². The molecular weight excluding hydrogens is 296 g/mol. The molecule has 2 rings (SSSR count). The molecule has 0 bridgehead atoms. The Morgan fingerprint density at radius 3 is 2.36 bits per heavy atom. The smallest absolute Gasteiger partial charge is 0.125 e. The van der Waals surface area contributed by atoms with Crippen LogP contribution in [0.1, 0.15) is 37.3 Å². The van der Waals surface area contributed by atoms with Crippen LogP contribution in [0.15, 0.2) is 18.2 Å². The molecule has 0 saturated carbocycles. The van der Waals surface area contributed by atoms with Gasteiger partial charge in [0.1, 0.15) is 12.4 Å². The second-order valence-electron chi connectivity index (χ2n) is 6.09. The number of benzene rings is 1. The van der Waals surface area contributed by atoms with Crippen molar-refractivity contribution in [2.45, 2.75) is 46.1 Å². The van der Waals surface area contributed by atoms with Gasteiger partial charge in [-0.25, -0.2) is 0 Å². The van der Waals surface area contributed by atoms with E-state index in [2.05, 4.69) is 49.2 Å². The monoisotopic (exact) mass is 326 g/mol. The van der Waals surface area contributed by atoms with Crippen LogP contribution < -0.4 is 10.1 Å². The van der Waals surface area contributed by atoms with Gasteiger partial charge in [-0.05, 0) is 63.9 Å². The molecule has 0 aliphatic carbocycles. The number of rotatable bonds is 7. The van der Waals surface area contributed by atoms with Crippen LogP contribution in [0.4, 0.5) is 0 Å². The zero-order valence-electron chi connectivity index (χ0n) is 14.2. The summed E-state index contributed by atoms with van der Waals surface area (Å²) in [5.74, 6) is 1.07. The van der Waals surface area contributed by atoms with E-state index in [1.54, 1.807) is 0 Å². The van der Waals surface area contributed by atoms with Gasteiger partial charge in [-0.15, -0.1) is 12.4 Å². The first kappa shape index (κ1) is 19.3. The van der Waals surface area contributed by atoms with Crippen LogP contribution in [0.3, 0.4) is 0 Å². The Labute approximate surface area is 141 Å². The average Bonchev–Trinajstić information content (AvgIpc) is 2.50. The Hall–Kier alpha value is -0.770. The number of para-hydroxylation sites is 1. The molecule has 3 nitrogen and oxygen atoms in total. The maximum Gasteiger partial charge on any atom is 0.125 e. The second-order valence-corrected chi connectivity index (χ2v) is 6.09. The van der Waals surface area contributed by atoms with Gasteiger partial charge in [0.15, 0.2) is 0 Å². The SMILES string of the molecule is CCCN(CCOc1c(C)cccc1C)C1CCNCC1.Cl. The fourth-order valence-electron chi connectivity index (χ4n) is 3.23. The molecular formula is C18H31ClN2O. The fourth-order valence-corrected chi connectivity index (χ4v) is 3.23.